The second-order valence-corrected chi connectivity index (χ2v) is 19.5. The summed E-state index contributed by atoms with van der Waals surface area (Å²) in [5.41, 5.74) is 0. The van der Waals surface area contributed by atoms with Gasteiger partial charge in [-0.1, -0.05) is 268 Å². The Balaban J connectivity index is 3.64. The van der Waals surface area contributed by atoms with E-state index in [2.05, 4.69) is 55.6 Å². The highest BCUT2D eigenvalue weighted by Gasteiger charge is 2.20. The molecule has 0 bridgehead atoms. The zero-order valence-electron chi connectivity index (χ0n) is 42.9. The average molecular weight is 899 g/mol. The monoisotopic (exact) mass is 898 g/mol. The molecule has 376 valence electrons. The normalized spacial score (nSPS) is 13.6. The van der Waals surface area contributed by atoms with Crippen LogP contribution in [0.5, 0.6) is 0 Å². The molecule has 5 heteroatoms. The minimum Gasteiger partial charge on any atom is -0.394 e. The maximum Gasteiger partial charge on any atom is 0.222 e. The van der Waals surface area contributed by atoms with Crippen molar-refractivity contribution in [2.24, 2.45) is 0 Å². The molecule has 0 heterocycles. The lowest BCUT2D eigenvalue weighted by Gasteiger charge is -2.21. The van der Waals surface area contributed by atoms with Gasteiger partial charge in [0.15, 0.2) is 0 Å². The van der Waals surface area contributed by atoms with Crippen molar-refractivity contribution >= 4 is 5.91 Å². The first-order valence-corrected chi connectivity index (χ1v) is 28.4. The summed E-state index contributed by atoms with van der Waals surface area (Å²) in [5.74, 6) is -0.328. The first-order valence-electron chi connectivity index (χ1n) is 28.4. The molecular formula is C59H111NO4. The molecule has 0 aromatic rings. The quantitative estimate of drug-likeness (QED) is 0.0362. The molecule has 64 heavy (non-hydrogen) atoms. The Morgan fingerprint density at radius 3 is 1.00 bits per heavy atom. The van der Waals surface area contributed by atoms with E-state index in [4.69, 9.17) is 0 Å². The number of rotatable bonds is 52. The second kappa shape index (κ2) is 53.9. The molecule has 3 atom stereocenters. The molecule has 0 fully saturated rings. The molecule has 0 saturated heterocycles. The van der Waals surface area contributed by atoms with Crippen molar-refractivity contribution in [3.8, 4) is 0 Å². The van der Waals surface area contributed by atoms with Crippen LogP contribution in [-0.4, -0.2) is 46.1 Å². The van der Waals surface area contributed by atoms with Crippen molar-refractivity contribution in [1.29, 1.82) is 0 Å². The molecule has 0 saturated carbocycles. The fraction of sp³-hybridized carbons (Fsp3) is 0.847. The molecule has 0 aromatic heterocycles. The van der Waals surface area contributed by atoms with E-state index < -0.39 is 18.2 Å². The van der Waals surface area contributed by atoms with Crippen molar-refractivity contribution in [2.45, 2.75) is 315 Å². The van der Waals surface area contributed by atoms with Gasteiger partial charge < -0.3 is 20.6 Å². The van der Waals surface area contributed by atoms with E-state index in [0.717, 1.165) is 38.5 Å². The summed E-state index contributed by atoms with van der Waals surface area (Å²) in [5, 5.41) is 33.4. The number of aliphatic hydroxyl groups is 3. The minimum atomic E-state index is -0.962. The van der Waals surface area contributed by atoms with Gasteiger partial charge in [-0.15, -0.1) is 0 Å². The van der Waals surface area contributed by atoms with Crippen LogP contribution in [0.15, 0.2) is 48.6 Å². The van der Waals surface area contributed by atoms with E-state index in [-0.39, 0.29) is 18.9 Å². The van der Waals surface area contributed by atoms with E-state index in [0.29, 0.717) is 6.42 Å². The van der Waals surface area contributed by atoms with Gasteiger partial charge in [-0.3, -0.25) is 4.79 Å². The van der Waals surface area contributed by atoms with Crippen molar-refractivity contribution in [2.75, 3.05) is 6.61 Å². The second-order valence-electron chi connectivity index (χ2n) is 19.5. The van der Waals surface area contributed by atoms with E-state index in [1.165, 1.54) is 231 Å². The third kappa shape index (κ3) is 49.7. The number of nitrogens with one attached hydrogen (secondary N) is 1. The van der Waals surface area contributed by atoms with Crippen LogP contribution in [0.25, 0.3) is 0 Å². The van der Waals surface area contributed by atoms with Gasteiger partial charge in [0, 0.05) is 0 Å². The standard InChI is InChI=1S/C59H111NO4/c1-3-5-7-9-11-13-15-17-19-21-23-25-27-29-30-32-34-36-38-40-42-44-46-48-50-52-56(62)54-59(64)60-57(55-61)58(63)53-51-49-47-45-43-41-39-37-35-33-31-28-26-24-22-20-18-16-14-12-10-8-6-4-2/h29-30,35,37,43,45,51,53,56-58,61-63H,3-28,31-34,36,38-42,44,46-50,52,54-55H2,1-2H3,(H,60,64)/b30-29-,37-35+,45-43+,53-51+. The lowest BCUT2D eigenvalue weighted by molar-refractivity contribution is -0.124. The summed E-state index contributed by atoms with van der Waals surface area (Å²) in [6, 6.07) is -0.770. The highest BCUT2D eigenvalue weighted by molar-refractivity contribution is 5.76. The maximum atomic E-state index is 12.5. The van der Waals surface area contributed by atoms with Crippen molar-refractivity contribution in [3.63, 3.8) is 0 Å². The van der Waals surface area contributed by atoms with E-state index in [1.54, 1.807) is 6.08 Å². The summed E-state index contributed by atoms with van der Waals surface area (Å²) in [4.78, 5) is 12.5. The molecular weight excluding hydrogens is 787 g/mol. The van der Waals surface area contributed by atoms with Crippen LogP contribution in [0.4, 0.5) is 0 Å². The smallest absolute Gasteiger partial charge is 0.222 e. The number of allylic oxidation sites excluding steroid dienone is 7. The van der Waals surface area contributed by atoms with Gasteiger partial charge in [0.2, 0.25) is 5.91 Å². The summed E-state index contributed by atoms with van der Waals surface area (Å²) < 4.78 is 0. The highest BCUT2D eigenvalue weighted by atomic mass is 16.3. The van der Waals surface area contributed by atoms with Crippen molar-refractivity contribution < 1.29 is 20.1 Å². The number of carbonyl (C=O) groups is 1. The van der Waals surface area contributed by atoms with Gasteiger partial charge in [0.05, 0.1) is 31.3 Å². The predicted molar refractivity (Wildman–Crippen MR) is 282 cm³/mol. The average Bonchev–Trinajstić information content (AvgIpc) is 3.29. The zero-order chi connectivity index (χ0) is 46.5. The van der Waals surface area contributed by atoms with Gasteiger partial charge in [0.25, 0.3) is 0 Å². The summed E-state index contributed by atoms with van der Waals surface area (Å²) in [6.07, 6.45) is 71.6. The molecule has 0 aliphatic heterocycles. The maximum absolute atomic E-state index is 12.5. The summed E-state index contributed by atoms with van der Waals surface area (Å²) in [7, 11) is 0. The van der Waals surface area contributed by atoms with E-state index in [9.17, 15) is 20.1 Å². The largest absolute Gasteiger partial charge is 0.394 e. The Morgan fingerprint density at radius 2 is 0.672 bits per heavy atom. The lowest BCUT2D eigenvalue weighted by atomic mass is 10.0. The molecule has 0 rings (SSSR count). The first-order chi connectivity index (χ1) is 31.5. The molecule has 0 aliphatic rings. The molecule has 1 amide bonds. The number of hydrogen-bond acceptors (Lipinski definition) is 4. The molecule has 0 aliphatic carbocycles. The molecule has 0 aromatic carbocycles. The fourth-order valence-electron chi connectivity index (χ4n) is 8.72. The van der Waals surface area contributed by atoms with Crippen molar-refractivity contribution in [1.82, 2.24) is 5.32 Å². The van der Waals surface area contributed by atoms with Crippen LogP contribution in [-0.2, 0) is 4.79 Å². The lowest BCUT2D eigenvalue weighted by Crippen LogP contribution is -2.45. The summed E-state index contributed by atoms with van der Waals surface area (Å²) >= 11 is 0. The fourth-order valence-corrected chi connectivity index (χ4v) is 8.72. The van der Waals surface area contributed by atoms with Crippen LogP contribution in [0.1, 0.15) is 296 Å². The Labute approximate surface area is 399 Å². The Kier molecular flexibility index (Phi) is 52.5. The molecule has 0 radical (unpaired) electrons. The van der Waals surface area contributed by atoms with Crippen LogP contribution < -0.4 is 5.32 Å². The number of amides is 1. The van der Waals surface area contributed by atoms with Gasteiger partial charge in [-0.25, -0.2) is 0 Å². The highest BCUT2D eigenvalue weighted by Crippen LogP contribution is 2.16. The summed E-state index contributed by atoms with van der Waals surface area (Å²) in [6.45, 7) is 4.23. The third-order valence-electron chi connectivity index (χ3n) is 13.1. The van der Waals surface area contributed by atoms with Gasteiger partial charge >= 0.3 is 0 Å². The first kappa shape index (κ1) is 62.3. The third-order valence-corrected chi connectivity index (χ3v) is 13.1. The number of unbranched alkanes of at least 4 members (excludes halogenated alkanes) is 37. The number of carbonyl (C=O) groups excluding carboxylic acids is 1. The zero-order valence-corrected chi connectivity index (χ0v) is 42.9. The number of hydrogen-bond donors (Lipinski definition) is 4. The Morgan fingerprint density at radius 1 is 0.391 bits per heavy atom. The number of aliphatic hydroxyl groups excluding tert-OH is 3. The predicted octanol–water partition coefficient (Wildman–Crippen LogP) is 17.6. The van der Waals surface area contributed by atoms with Crippen LogP contribution in [0.3, 0.4) is 0 Å². The van der Waals surface area contributed by atoms with Gasteiger partial charge in [0.1, 0.15) is 0 Å². The molecule has 3 unspecified atom stereocenters. The van der Waals surface area contributed by atoms with Crippen LogP contribution in [0.2, 0.25) is 0 Å². The van der Waals surface area contributed by atoms with Gasteiger partial charge in [-0.05, 0) is 70.6 Å². The molecule has 5 nitrogen and oxygen atoms in total. The van der Waals surface area contributed by atoms with E-state index in [1.807, 2.05) is 6.08 Å². The Hall–Kier alpha value is -1.69. The molecule has 4 N–H and O–H groups in total. The molecule has 0 spiro atoms. The topological polar surface area (TPSA) is 89.8 Å². The SMILES string of the molecule is CCCCCCCCCCCCCC/C=C\CCCCCCCCCCCC(O)CC(=O)NC(CO)C(O)/C=C/CC/C=C/CC/C=C/CCCCCCCCCCCCCCCC. The Bertz CT molecular complexity index is 1040. The van der Waals surface area contributed by atoms with Gasteiger partial charge in [-0.2, -0.15) is 0 Å². The van der Waals surface area contributed by atoms with Crippen molar-refractivity contribution in [3.05, 3.63) is 48.6 Å². The van der Waals surface area contributed by atoms with Crippen LogP contribution in [0, 0.1) is 0 Å². The minimum absolute atomic E-state index is 0.000975. The van der Waals surface area contributed by atoms with Crippen LogP contribution >= 0.6 is 0 Å². The van der Waals surface area contributed by atoms with E-state index >= 15 is 0 Å².